The van der Waals surface area contributed by atoms with Gasteiger partial charge in [0.2, 0.25) is 0 Å². The van der Waals surface area contributed by atoms with E-state index in [0.29, 0.717) is 0 Å². The molecule has 1 rings (SSSR count). The van der Waals surface area contributed by atoms with E-state index in [-0.39, 0.29) is 12.1 Å². The summed E-state index contributed by atoms with van der Waals surface area (Å²) < 4.78 is 0. The first kappa shape index (κ1) is 13.0. The van der Waals surface area contributed by atoms with Gasteiger partial charge in [-0.1, -0.05) is 26.2 Å². The molecule has 4 atom stereocenters. The van der Waals surface area contributed by atoms with E-state index in [9.17, 15) is 5.11 Å². The molecule has 0 bridgehead atoms. The van der Waals surface area contributed by atoms with Crippen molar-refractivity contribution in [2.24, 2.45) is 11.8 Å². The first-order valence-electron chi connectivity index (χ1n) is 6.51. The smallest absolute Gasteiger partial charge is 0.0662 e. The molecule has 2 heteroatoms. The van der Waals surface area contributed by atoms with Gasteiger partial charge in [0.05, 0.1) is 6.10 Å². The van der Waals surface area contributed by atoms with Crippen molar-refractivity contribution in [2.45, 2.75) is 65.0 Å². The molecule has 15 heavy (non-hydrogen) atoms. The molecule has 2 N–H and O–H groups in total. The van der Waals surface area contributed by atoms with Gasteiger partial charge < -0.3 is 10.4 Å². The lowest BCUT2D eigenvalue weighted by Gasteiger charge is -2.27. The normalized spacial score (nSPS) is 31.2. The van der Waals surface area contributed by atoms with Gasteiger partial charge >= 0.3 is 0 Å². The van der Waals surface area contributed by atoms with Crippen molar-refractivity contribution in [3.05, 3.63) is 0 Å². The van der Waals surface area contributed by atoms with Gasteiger partial charge in [-0.15, -0.1) is 0 Å². The SMILES string of the molecule is CC1CCCC(CCNC(C)C(C)O)C1. The van der Waals surface area contributed by atoms with Crippen LogP contribution in [-0.4, -0.2) is 23.8 Å². The summed E-state index contributed by atoms with van der Waals surface area (Å²) in [5, 5.41) is 12.7. The van der Waals surface area contributed by atoms with Crippen LogP contribution in [0.25, 0.3) is 0 Å². The molecule has 0 aromatic heterocycles. The number of hydrogen-bond donors (Lipinski definition) is 2. The van der Waals surface area contributed by atoms with E-state index in [1.165, 1.54) is 32.1 Å². The van der Waals surface area contributed by atoms with E-state index in [0.717, 1.165) is 18.4 Å². The van der Waals surface area contributed by atoms with Crippen LogP contribution in [0, 0.1) is 11.8 Å². The molecule has 1 aliphatic rings. The van der Waals surface area contributed by atoms with Crippen LogP contribution in [0.2, 0.25) is 0 Å². The monoisotopic (exact) mass is 213 g/mol. The third-order valence-electron chi connectivity index (χ3n) is 3.79. The Morgan fingerprint density at radius 1 is 1.33 bits per heavy atom. The molecule has 1 saturated carbocycles. The minimum absolute atomic E-state index is 0.228. The van der Waals surface area contributed by atoms with Gasteiger partial charge in [-0.3, -0.25) is 0 Å². The lowest BCUT2D eigenvalue weighted by atomic mass is 9.81. The van der Waals surface area contributed by atoms with Crippen LogP contribution in [0.1, 0.15) is 52.9 Å². The zero-order valence-corrected chi connectivity index (χ0v) is 10.5. The highest BCUT2D eigenvalue weighted by Crippen LogP contribution is 2.30. The first-order chi connectivity index (χ1) is 7.09. The minimum Gasteiger partial charge on any atom is -0.392 e. The molecule has 0 aromatic rings. The number of nitrogens with one attached hydrogen (secondary N) is 1. The zero-order valence-electron chi connectivity index (χ0n) is 10.5. The van der Waals surface area contributed by atoms with Gasteiger partial charge in [-0.2, -0.15) is 0 Å². The summed E-state index contributed by atoms with van der Waals surface area (Å²) in [4.78, 5) is 0. The molecule has 90 valence electrons. The molecule has 0 aromatic carbocycles. The lowest BCUT2D eigenvalue weighted by molar-refractivity contribution is 0.150. The molecule has 0 spiro atoms. The van der Waals surface area contributed by atoms with Gasteiger partial charge in [0.25, 0.3) is 0 Å². The van der Waals surface area contributed by atoms with E-state index in [2.05, 4.69) is 12.2 Å². The molecule has 1 aliphatic carbocycles. The Kier molecular flexibility index (Phi) is 5.62. The second-order valence-corrected chi connectivity index (χ2v) is 5.41. The summed E-state index contributed by atoms with van der Waals surface area (Å²) in [6.45, 7) is 7.33. The van der Waals surface area contributed by atoms with E-state index < -0.39 is 0 Å². The van der Waals surface area contributed by atoms with Crippen molar-refractivity contribution in [3.8, 4) is 0 Å². The van der Waals surface area contributed by atoms with Crippen molar-refractivity contribution >= 4 is 0 Å². The van der Waals surface area contributed by atoms with Crippen molar-refractivity contribution in [1.29, 1.82) is 0 Å². The Balaban J connectivity index is 2.09. The fourth-order valence-corrected chi connectivity index (χ4v) is 2.51. The molecule has 0 heterocycles. The number of aliphatic hydroxyl groups is 1. The average Bonchev–Trinajstić information content (AvgIpc) is 2.17. The second kappa shape index (κ2) is 6.49. The Morgan fingerprint density at radius 3 is 2.67 bits per heavy atom. The maximum atomic E-state index is 9.34. The van der Waals surface area contributed by atoms with Crippen molar-refractivity contribution in [2.75, 3.05) is 6.54 Å². The van der Waals surface area contributed by atoms with Crippen LogP contribution in [0.5, 0.6) is 0 Å². The Bertz CT molecular complexity index is 170. The molecule has 1 fully saturated rings. The summed E-state index contributed by atoms with van der Waals surface area (Å²) in [6, 6.07) is 0.228. The number of aliphatic hydroxyl groups excluding tert-OH is 1. The van der Waals surface area contributed by atoms with Crippen molar-refractivity contribution in [1.82, 2.24) is 5.32 Å². The second-order valence-electron chi connectivity index (χ2n) is 5.41. The van der Waals surface area contributed by atoms with E-state index in [1.54, 1.807) is 0 Å². The molecular formula is C13H27NO. The van der Waals surface area contributed by atoms with E-state index >= 15 is 0 Å². The fourth-order valence-electron chi connectivity index (χ4n) is 2.51. The fraction of sp³-hybridized carbons (Fsp3) is 1.00. The van der Waals surface area contributed by atoms with Crippen LogP contribution >= 0.6 is 0 Å². The number of hydrogen-bond acceptors (Lipinski definition) is 2. The van der Waals surface area contributed by atoms with Gasteiger partial charge in [-0.05, 0) is 45.1 Å². The van der Waals surface area contributed by atoms with Crippen LogP contribution in [0.4, 0.5) is 0 Å². The highest BCUT2D eigenvalue weighted by Gasteiger charge is 2.18. The standard InChI is InChI=1S/C13H27NO/c1-10-5-4-6-13(9-10)7-8-14-11(2)12(3)15/h10-15H,4-9H2,1-3H3. The summed E-state index contributed by atoms with van der Waals surface area (Å²) >= 11 is 0. The van der Waals surface area contributed by atoms with E-state index in [4.69, 9.17) is 0 Å². The predicted molar refractivity (Wildman–Crippen MR) is 64.9 cm³/mol. The number of rotatable bonds is 5. The summed E-state index contributed by atoms with van der Waals surface area (Å²) in [7, 11) is 0. The zero-order chi connectivity index (χ0) is 11.3. The topological polar surface area (TPSA) is 32.3 Å². The molecule has 0 radical (unpaired) electrons. The van der Waals surface area contributed by atoms with Gasteiger partial charge in [0, 0.05) is 6.04 Å². The average molecular weight is 213 g/mol. The molecule has 0 amide bonds. The Morgan fingerprint density at radius 2 is 2.07 bits per heavy atom. The van der Waals surface area contributed by atoms with Crippen molar-refractivity contribution < 1.29 is 5.11 Å². The highest BCUT2D eigenvalue weighted by atomic mass is 16.3. The first-order valence-corrected chi connectivity index (χ1v) is 6.51. The molecule has 4 unspecified atom stereocenters. The van der Waals surface area contributed by atoms with Gasteiger partial charge in [-0.25, -0.2) is 0 Å². The van der Waals surface area contributed by atoms with Crippen LogP contribution < -0.4 is 5.32 Å². The van der Waals surface area contributed by atoms with E-state index in [1.807, 2.05) is 13.8 Å². The minimum atomic E-state index is -0.240. The maximum Gasteiger partial charge on any atom is 0.0662 e. The quantitative estimate of drug-likeness (QED) is 0.735. The third kappa shape index (κ3) is 4.98. The Labute approximate surface area is 94.5 Å². The van der Waals surface area contributed by atoms with Crippen molar-refractivity contribution in [3.63, 3.8) is 0 Å². The van der Waals surface area contributed by atoms with Gasteiger partial charge in [0.1, 0.15) is 0 Å². The molecule has 2 nitrogen and oxygen atoms in total. The molecule has 0 aliphatic heterocycles. The summed E-state index contributed by atoms with van der Waals surface area (Å²) in [5.41, 5.74) is 0. The molecular weight excluding hydrogens is 186 g/mol. The van der Waals surface area contributed by atoms with Gasteiger partial charge in [0.15, 0.2) is 0 Å². The van der Waals surface area contributed by atoms with Crippen LogP contribution in [-0.2, 0) is 0 Å². The summed E-state index contributed by atoms with van der Waals surface area (Å²) in [5.74, 6) is 1.85. The summed E-state index contributed by atoms with van der Waals surface area (Å²) in [6.07, 6.45) is 6.70. The molecule has 0 saturated heterocycles. The van der Waals surface area contributed by atoms with Crippen LogP contribution in [0.3, 0.4) is 0 Å². The third-order valence-corrected chi connectivity index (χ3v) is 3.79. The largest absolute Gasteiger partial charge is 0.392 e. The highest BCUT2D eigenvalue weighted by molar-refractivity contribution is 4.73. The van der Waals surface area contributed by atoms with Crippen LogP contribution in [0.15, 0.2) is 0 Å². The maximum absolute atomic E-state index is 9.34. The predicted octanol–water partition coefficient (Wildman–Crippen LogP) is 2.56. The lowest BCUT2D eigenvalue weighted by Crippen LogP contribution is -2.36. The Hall–Kier alpha value is -0.0800.